The highest BCUT2D eigenvalue weighted by Crippen LogP contribution is 2.54. The number of primary amides is 1. The first-order valence-electron chi connectivity index (χ1n) is 13.0. The van der Waals surface area contributed by atoms with E-state index < -0.39 is 112 Å². The number of ketones is 4. The summed E-state index contributed by atoms with van der Waals surface area (Å²) in [6.07, 6.45) is -8.45. The maximum absolute atomic E-state index is 13.9. The molecule has 2 fully saturated rings. The molecule has 0 heterocycles. The molecule has 3 aliphatic rings. The smallest absolute Gasteiger partial charge is 0.416 e. The summed E-state index contributed by atoms with van der Waals surface area (Å²) in [5.74, 6) is -16.3. The highest BCUT2D eigenvalue weighted by Gasteiger charge is 2.71. The molecule has 1 amide bonds. The second-order valence-corrected chi connectivity index (χ2v) is 11.4. The zero-order chi connectivity index (χ0) is 31.8. The predicted molar refractivity (Wildman–Crippen MR) is 139 cm³/mol. The van der Waals surface area contributed by atoms with Crippen LogP contribution in [0.4, 0.5) is 13.2 Å². The number of ether oxygens (including phenoxy) is 1. The molecule has 2 aromatic carbocycles. The fourth-order valence-corrected chi connectivity index (χ4v) is 6.93. The average Bonchev–Trinajstić information content (AvgIpc) is 2.90. The Hall–Kier alpha value is -4.10. The van der Waals surface area contributed by atoms with Gasteiger partial charge < -0.3 is 20.7 Å². The second-order valence-electron chi connectivity index (χ2n) is 11.0. The summed E-state index contributed by atoms with van der Waals surface area (Å²) >= 11 is 5.72. The van der Waals surface area contributed by atoms with Crippen LogP contribution in [0, 0.1) is 23.7 Å². The third-order valence-electron chi connectivity index (χ3n) is 8.67. The molecule has 43 heavy (non-hydrogen) atoms. The van der Waals surface area contributed by atoms with Crippen molar-refractivity contribution in [3.63, 3.8) is 0 Å². The molecule has 0 saturated heterocycles. The van der Waals surface area contributed by atoms with Crippen LogP contribution in [0.5, 0.6) is 5.75 Å². The van der Waals surface area contributed by atoms with Gasteiger partial charge in [-0.3, -0.25) is 28.8 Å². The Balaban J connectivity index is 1.63. The molecule has 7 atom stereocenters. The lowest BCUT2D eigenvalue weighted by Gasteiger charge is -2.53. The maximum atomic E-state index is 13.9. The third-order valence-corrected chi connectivity index (χ3v) is 8.91. The van der Waals surface area contributed by atoms with E-state index in [9.17, 15) is 52.2 Å². The van der Waals surface area contributed by atoms with Crippen LogP contribution in [0.2, 0.25) is 5.02 Å². The lowest BCUT2D eigenvalue weighted by Crippen LogP contribution is -2.73. The molecule has 4 N–H and O–H groups in total. The first-order chi connectivity index (χ1) is 20.0. The number of Topliss-reactive ketones (excluding diaryl/α,β-unsaturated/α-hetero) is 4. The molecule has 3 aliphatic carbocycles. The van der Waals surface area contributed by atoms with E-state index in [-0.39, 0.29) is 16.1 Å². The number of halogens is 4. The van der Waals surface area contributed by atoms with E-state index in [0.717, 1.165) is 12.1 Å². The molecule has 2 aromatic rings. The first-order valence-corrected chi connectivity index (χ1v) is 13.4. The van der Waals surface area contributed by atoms with Crippen LogP contribution >= 0.6 is 11.6 Å². The number of fused-ring (bicyclic) bond motifs is 3. The van der Waals surface area contributed by atoms with Crippen LogP contribution in [0.1, 0.15) is 46.3 Å². The van der Waals surface area contributed by atoms with E-state index in [2.05, 4.69) is 0 Å². The fourth-order valence-electron chi connectivity index (χ4n) is 6.76. The highest BCUT2D eigenvalue weighted by atomic mass is 35.5. The van der Waals surface area contributed by atoms with Crippen molar-refractivity contribution in [1.82, 2.24) is 0 Å². The lowest BCUT2D eigenvalue weighted by atomic mass is 9.50. The van der Waals surface area contributed by atoms with E-state index in [1.54, 1.807) is 0 Å². The van der Waals surface area contributed by atoms with Crippen molar-refractivity contribution in [1.29, 1.82) is 0 Å². The minimum atomic E-state index is -4.90. The first kappa shape index (κ1) is 30.4. The van der Waals surface area contributed by atoms with Gasteiger partial charge in [-0.2, -0.15) is 13.2 Å². The predicted octanol–water partition coefficient (Wildman–Crippen LogP) is 2.32. The van der Waals surface area contributed by atoms with E-state index in [0.29, 0.717) is 6.07 Å². The van der Waals surface area contributed by atoms with Crippen molar-refractivity contribution in [3.8, 4) is 5.75 Å². The molecule has 0 spiro atoms. The van der Waals surface area contributed by atoms with Crippen LogP contribution < -0.4 is 5.73 Å². The van der Waals surface area contributed by atoms with Crippen molar-refractivity contribution in [2.24, 2.45) is 29.4 Å². The SMILES string of the molecule is C[C@H]1c2cccc(O)c2C(=O)C2C(=O)[C@]3(O)C(=O)C(C(N)=O)C(=O)C[C@@H]3[C@@H](OC(=O)Cc3ccc(Cl)cc3C(F)(F)F)[C@@H]21. The summed E-state index contributed by atoms with van der Waals surface area (Å²) in [4.78, 5) is 79.1. The summed E-state index contributed by atoms with van der Waals surface area (Å²) < 4.78 is 46.6. The number of rotatable bonds is 4. The standard InChI is InChI=1S/C29H23ClF3NO9/c1-10-13-3-2-4-16(35)20(13)23(38)22-19(10)24(15-9-17(36)21(27(34)41)25(39)28(15,42)26(22)40)43-18(37)7-11-5-6-12(30)8-14(11)29(31,32)33/h2-6,8,10,15,19,21-22,24,35,42H,7,9H2,1H3,(H2,34,41)/t10-,15+,19+,21?,22?,24+,28+/m0/s1. The van der Waals surface area contributed by atoms with Crippen LogP contribution in [0.25, 0.3) is 0 Å². The summed E-state index contributed by atoms with van der Waals surface area (Å²) in [6, 6.07) is 6.79. The van der Waals surface area contributed by atoms with E-state index in [4.69, 9.17) is 22.1 Å². The van der Waals surface area contributed by atoms with Gasteiger partial charge in [-0.05, 0) is 35.2 Å². The van der Waals surface area contributed by atoms with Crippen molar-refractivity contribution in [3.05, 3.63) is 63.7 Å². The zero-order valence-corrected chi connectivity index (χ0v) is 22.9. The van der Waals surface area contributed by atoms with Crippen LogP contribution in [0.15, 0.2) is 36.4 Å². The number of aliphatic hydroxyl groups is 1. The maximum Gasteiger partial charge on any atom is 0.416 e. The number of hydrogen-bond donors (Lipinski definition) is 3. The molecule has 10 nitrogen and oxygen atoms in total. The number of alkyl halides is 3. The number of amides is 1. The fraction of sp³-hybridized carbons (Fsp3) is 0.379. The van der Waals surface area contributed by atoms with Gasteiger partial charge in [0.15, 0.2) is 34.7 Å². The molecule has 2 unspecified atom stereocenters. The molecule has 0 bridgehead atoms. The number of benzene rings is 2. The molecule has 226 valence electrons. The number of phenols is 1. The van der Waals surface area contributed by atoms with Crippen molar-refractivity contribution >= 4 is 46.6 Å². The third kappa shape index (κ3) is 4.61. The Morgan fingerprint density at radius 3 is 2.42 bits per heavy atom. The van der Waals surface area contributed by atoms with Gasteiger partial charge in [-0.15, -0.1) is 0 Å². The largest absolute Gasteiger partial charge is 0.507 e. The number of aromatic hydroxyl groups is 1. The Labute approximate surface area is 245 Å². The van der Waals surface area contributed by atoms with Crippen LogP contribution in [-0.4, -0.2) is 56.9 Å². The van der Waals surface area contributed by atoms with Gasteiger partial charge in [0.1, 0.15) is 11.9 Å². The topological polar surface area (TPSA) is 178 Å². The van der Waals surface area contributed by atoms with Gasteiger partial charge in [0.25, 0.3) is 0 Å². The number of phenolic OH excluding ortho intramolecular Hbond substituents is 1. The van der Waals surface area contributed by atoms with Crippen LogP contribution in [0.3, 0.4) is 0 Å². The minimum Gasteiger partial charge on any atom is -0.507 e. The van der Waals surface area contributed by atoms with E-state index in [1.165, 1.54) is 25.1 Å². The Kier molecular flexibility index (Phi) is 7.25. The normalized spacial score (nSPS) is 30.3. The van der Waals surface area contributed by atoms with E-state index >= 15 is 0 Å². The number of carbonyl (C=O) groups is 6. The lowest BCUT2D eigenvalue weighted by molar-refractivity contribution is -0.198. The molecule has 2 saturated carbocycles. The summed E-state index contributed by atoms with van der Waals surface area (Å²) in [5, 5.41) is 21.9. The van der Waals surface area contributed by atoms with Gasteiger partial charge in [-0.25, -0.2) is 0 Å². The average molecular weight is 622 g/mol. The molecular formula is C29H23ClF3NO9. The van der Waals surface area contributed by atoms with Crippen molar-refractivity contribution < 1.29 is 56.9 Å². The number of hydrogen-bond acceptors (Lipinski definition) is 9. The molecule has 5 rings (SSSR count). The Morgan fingerprint density at radius 1 is 1.12 bits per heavy atom. The number of carbonyl (C=O) groups excluding carboxylic acids is 6. The van der Waals surface area contributed by atoms with Gasteiger partial charge in [0.2, 0.25) is 5.91 Å². The van der Waals surface area contributed by atoms with Crippen molar-refractivity contribution in [2.75, 3.05) is 0 Å². The van der Waals surface area contributed by atoms with Gasteiger partial charge >= 0.3 is 12.1 Å². The minimum absolute atomic E-state index is 0.242. The zero-order valence-electron chi connectivity index (χ0n) is 22.2. The summed E-state index contributed by atoms with van der Waals surface area (Å²) in [7, 11) is 0. The molecule has 0 radical (unpaired) electrons. The monoisotopic (exact) mass is 621 g/mol. The van der Waals surface area contributed by atoms with Gasteiger partial charge in [0.05, 0.1) is 23.5 Å². The summed E-state index contributed by atoms with van der Waals surface area (Å²) in [6.45, 7) is 1.53. The summed E-state index contributed by atoms with van der Waals surface area (Å²) in [5.41, 5.74) is 0.261. The Morgan fingerprint density at radius 2 is 1.79 bits per heavy atom. The van der Waals surface area contributed by atoms with Gasteiger partial charge in [-0.1, -0.05) is 36.7 Å². The van der Waals surface area contributed by atoms with Crippen LogP contribution in [-0.2, 0) is 41.3 Å². The van der Waals surface area contributed by atoms with Gasteiger partial charge in [0, 0.05) is 23.3 Å². The second kappa shape index (κ2) is 10.3. The number of nitrogens with two attached hydrogens (primary N) is 1. The Bertz CT molecular complexity index is 1620. The highest BCUT2D eigenvalue weighted by molar-refractivity contribution is 6.32. The molecule has 14 heteroatoms. The number of esters is 1. The molecular weight excluding hydrogens is 599 g/mol. The molecule has 0 aliphatic heterocycles. The van der Waals surface area contributed by atoms with Crippen molar-refractivity contribution in [2.45, 2.75) is 43.6 Å². The molecule has 0 aromatic heterocycles. The van der Waals surface area contributed by atoms with E-state index in [1.807, 2.05) is 0 Å². The quantitative estimate of drug-likeness (QED) is 0.341.